The van der Waals surface area contributed by atoms with E-state index in [0.29, 0.717) is 6.04 Å². The molecule has 1 aromatic carbocycles. The summed E-state index contributed by atoms with van der Waals surface area (Å²) >= 11 is 0. The highest BCUT2D eigenvalue weighted by Gasteiger charge is 2.50. The van der Waals surface area contributed by atoms with Gasteiger partial charge in [0.2, 0.25) is 0 Å². The Morgan fingerprint density at radius 1 is 1.22 bits per heavy atom. The summed E-state index contributed by atoms with van der Waals surface area (Å²) in [5.41, 5.74) is 3.72. The Morgan fingerprint density at radius 2 is 2.00 bits per heavy atom. The van der Waals surface area contributed by atoms with Gasteiger partial charge in [-0.1, -0.05) is 6.07 Å². The number of hydrogen-bond donors (Lipinski definition) is 1. The van der Waals surface area contributed by atoms with Crippen molar-refractivity contribution in [3.8, 4) is 5.75 Å². The average molecular weight is 319 g/mol. The molecule has 1 N–H and O–H groups in total. The number of methoxy groups -OCH3 is 2. The Kier molecular flexibility index (Phi) is 4.68. The number of ether oxygens (including phenoxy) is 2. The smallest absolute Gasteiger partial charge is 0.122 e. The van der Waals surface area contributed by atoms with E-state index in [4.69, 9.17) is 9.47 Å². The number of nitrogens with zero attached hydrogens (tertiary/aromatic N) is 1. The fraction of sp³-hybridized carbons (Fsp3) is 0.684. The Bertz CT molecular complexity index is 574. The van der Waals surface area contributed by atoms with E-state index in [0.717, 1.165) is 44.5 Å². The number of aryl methyl sites for hydroxylation is 2. The summed E-state index contributed by atoms with van der Waals surface area (Å²) in [7, 11) is 3.55. The SMILES string of the molecule is COc1cc(C)c(CN2CC[C@]3(OC)CC[C@@H](O)C[C@H]23)cc1C. The van der Waals surface area contributed by atoms with E-state index in [1.807, 2.05) is 7.11 Å². The third-order valence-electron chi connectivity index (χ3n) is 5.90. The summed E-state index contributed by atoms with van der Waals surface area (Å²) in [4.78, 5) is 2.50. The molecule has 1 aliphatic heterocycles. The number of aliphatic hydroxyl groups is 1. The van der Waals surface area contributed by atoms with Gasteiger partial charge in [-0.15, -0.1) is 0 Å². The van der Waals surface area contributed by atoms with Gasteiger partial charge in [0.1, 0.15) is 5.75 Å². The van der Waals surface area contributed by atoms with Gasteiger partial charge in [-0.2, -0.15) is 0 Å². The molecule has 128 valence electrons. The summed E-state index contributed by atoms with van der Waals surface area (Å²) in [5, 5.41) is 10.1. The van der Waals surface area contributed by atoms with Crippen molar-refractivity contribution in [2.24, 2.45) is 0 Å². The maximum absolute atomic E-state index is 10.1. The number of hydrogen-bond acceptors (Lipinski definition) is 4. The zero-order valence-corrected chi connectivity index (χ0v) is 14.8. The van der Waals surface area contributed by atoms with E-state index in [-0.39, 0.29) is 11.7 Å². The monoisotopic (exact) mass is 319 g/mol. The minimum absolute atomic E-state index is 0.0609. The first-order valence-electron chi connectivity index (χ1n) is 8.60. The lowest BCUT2D eigenvalue weighted by atomic mass is 9.79. The molecule has 0 radical (unpaired) electrons. The van der Waals surface area contributed by atoms with Crippen LogP contribution in [-0.2, 0) is 11.3 Å². The minimum atomic E-state index is -0.192. The standard InChI is InChI=1S/C19H29NO3/c1-13-10-17(22-3)14(2)9-15(13)12-20-8-7-19(23-4)6-5-16(21)11-18(19)20/h9-10,16,18,21H,5-8,11-12H2,1-4H3/t16-,18+,19-/m1/s1. The Balaban J connectivity index is 1.82. The second-order valence-electron chi connectivity index (χ2n) is 7.18. The van der Waals surface area contributed by atoms with E-state index in [9.17, 15) is 5.11 Å². The van der Waals surface area contributed by atoms with Crippen LogP contribution >= 0.6 is 0 Å². The van der Waals surface area contributed by atoms with Crippen LogP contribution in [0.15, 0.2) is 12.1 Å². The van der Waals surface area contributed by atoms with Crippen molar-refractivity contribution in [1.82, 2.24) is 4.90 Å². The van der Waals surface area contributed by atoms with Crippen LogP contribution in [0.3, 0.4) is 0 Å². The third-order valence-corrected chi connectivity index (χ3v) is 5.90. The summed E-state index contributed by atoms with van der Waals surface area (Å²) in [6.07, 6.45) is 3.52. The van der Waals surface area contributed by atoms with Crippen molar-refractivity contribution < 1.29 is 14.6 Å². The van der Waals surface area contributed by atoms with Crippen LogP contribution in [0.2, 0.25) is 0 Å². The molecule has 4 nitrogen and oxygen atoms in total. The number of rotatable bonds is 4. The highest BCUT2D eigenvalue weighted by molar-refractivity contribution is 5.41. The summed E-state index contributed by atoms with van der Waals surface area (Å²) in [5.74, 6) is 0.951. The summed E-state index contributed by atoms with van der Waals surface area (Å²) in [6.45, 7) is 6.19. The molecule has 1 saturated heterocycles. The van der Waals surface area contributed by atoms with Gasteiger partial charge in [0.15, 0.2) is 0 Å². The van der Waals surface area contributed by atoms with Crippen molar-refractivity contribution in [3.05, 3.63) is 28.8 Å². The molecular formula is C19H29NO3. The largest absolute Gasteiger partial charge is 0.496 e. The highest BCUT2D eigenvalue weighted by Crippen LogP contribution is 2.43. The van der Waals surface area contributed by atoms with Crippen molar-refractivity contribution in [2.75, 3.05) is 20.8 Å². The zero-order valence-electron chi connectivity index (χ0n) is 14.8. The maximum atomic E-state index is 10.1. The third kappa shape index (κ3) is 3.00. The van der Waals surface area contributed by atoms with Crippen molar-refractivity contribution in [3.63, 3.8) is 0 Å². The molecule has 4 heteroatoms. The molecule has 3 atom stereocenters. The van der Waals surface area contributed by atoms with Gasteiger partial charge in [-0.05, 0) is 62.3 Å². The van der Waals surface area contributed by atoms with E-state index >= 15 is 0 Å². The molecule has 0 amide bonds. The molecule has 2 fully saturated rings. The predicted octanol–water partition coefficient (Wildman–Crippen LogP) is 2.82. The van der Waals surface area contributed by atoms with Crippen LogP contribution in [0.4, 0.5) is 0 Å². The molecule has 3 rings (SSSR count). The Morgan fingerprint density at radius 3 is 2.70 bits per heavy atom. The van der Waals surface area contributed by atoms with Crippen LogP contribution in [-0.4, -0.2) is 48.5 Å². The van der Waals surface area contributed by atoms with E-state index in [1.165, 1.54) is 16.7 Å². The molecule has 0 aromatic heterocycles. The van der Waals surface area contributed by atoms with Crippen LogP contribution in [0.25, 0.3) is 0 Å². The van der Waals surface area contributed by atoms with Gasteiger partial charge in [-0.25, -0.2) is 0 Å². The molecule has 0 spiro atoms. The summed E-state index contributed by atoms with van der Waals surface area (Å²) < 4.78 is 11.4. The van der Waals surface area contributed by atoms with Crippen LogP contribution in [0, 0.1) is 13.8 Å². The van der Waals surface area contributed by atoms with E-state index in [2.05, 4.69) is 30.9 Å². The Labute approximate surface area is 139 Å². The zero-order chi connectivity index (χ0) is 16.6. The molecule has 2 aliphatic rings. The lowest BCUT2D eigenvalue weighted by Crippen LogP contribution is -2.51. The molecule has 1 aromatic rings. The van der Waals surface area contributed by atoms with Crippen molar-refractivity contribution >= 4 is 0 Å². The van der Waals surface area contributed by atoms with Crippen LogP contribution in [0.5, 0.6) is 5.75 Å². The molecule has 23 heavy (non-hydrogen) atoms. The van der Waals surface area contributed by atoms with Crippen molar-refractivity contribution in [1.29, 1.82) is 0 Å². The van der Waals surface area contributed by atoms with Crippen LogP contribution in [0.1, 0.15) is 42.4 Å². The first-order valence-corrected chi connectivity index (χ1v) is 8.60. The van der Waals surface area contributed by atoms with Gasteiger partial charge in [-0.3, -0.25) is 4.90 Å². The molecule has 1 aliphatic carbocycles. The van der Waals surface area contributed by atoms with Gasteiger partial charge < -0.3 is 14.6 Å². The second-order valence-corrected chi connectivity index (χ2v) is 7.18. The quantitative estimate of drug-likeness (QED) is 0.926. The normalized spacial score (nSPS) is 31.2. The predicted molar refractivity (Wildman–Crippen MR) is 90.9 cm³/mol. The van der Waals surface area contributed by atoms with Gasteiger partial charge in [0, 0.05) is 26.2 Å². The van der Waals surface area contributed by atoms with E-state index < -0.39 is 0 Å². The first kappa shape index (κ1) is 16.7. The molecule has 0 unspecified atom stereocenters. The highest BCUT2D eigenvalue weighted by atomic mass is 16.5. The minimum Gasteiger partial charge on any atom is -0.496 e. The topological polar surface area (TPSA) is 41.9 Å². The van der Waals surface area contributed by atoms with Gasteiger partial charge in [0.25, 0.3) is 0 Å². The molecule has 1 saturated carbocycles. The number of likely N-dealkylation sites (tertiary alicyclic amines) is 1. The average Bonchev–Trinajstić information content (AvgIpc) is 2.89. The fourth-order valence-corrected chi connectivity index (χ4v) is 4.42. The maximum Gasteiger partial charge on any atom is 0.122 e. The van der Waals surface area contributed by atoms with E-state index in [1.54, 1.807) is 7.11 Å². The molecule has 1 heterocycles. The number of benzene rings is 1. The summed E-state index contributed by atoms with van der Waals surface area (Å²) in [6, 6.07) is 4.68. The lowest BCUT2D eigenvalue weighted by Gasteiger charge is -2.42. The van der Waals surface area contributed by atoms with Gasteiger partial charge in [0.05, 0.1) is 18.8 Å². The second kappa shape index (κ2) is 6.42. The molecule has 0 bridgehead atoms. The fourth-order valence-electron chi connectivity index (χ4n) is 4.42. The Hall–Kier alpha value is -1.10. The van der Waals surface area contributed by atoms with Crippen molar-refractivity contribution in [2.45, 2.75) is 63.8 Å². The van der Waals surface area contributed by atoms with Crippen LogP contribution < -0.4 is 4.74 Å². The lowest BCUT2D eigenvalue weighted by molar-refractivity contribution is -0.0879. The number of fused-ring (bicyclic) bond motifs is 1. The molecular weight excluding hydrogens is 290 g/mol. The number of aliphatic hydroxyl groups excluding tert-OH is 1. The van der Waals surface area contributed by atoms with Gasteiger partial charge >= 0.3 is 0 Å². The first-order chi connectivity index (χ1) is 11.0.